The third-order valence-electron chi connectivity index (χ3n) is 4.77. The van der Waals surface area contributed by atoms with E-state index in [9.17, 15) is 0 Å². The van der Waals surface area contributed by atoms with Gasteiger partial charge in [0.15, 0.2) is 0 Å². The van der Waals surface area contributed by atoms with Crippen LogP contribution in [-0.2, 0) is 0 Å². The van der Waals surface area contributed by atoms with Gasteiger partial charge >= 0.3 is 0 Å². The summed E-state index contributed by atoms with van der Waals surface area (Å²) in [4.78, 5) is 5.25. The SMILES string of the molecule is CSCCCN(C)C1(CN)CC(C)N(C2CC2)C1. The summed E-state index contributed by atoms with van der Waals surface area (Å²) in [5, 5.41) is 0. The molecule has 2 atom stereocenters. The van der Waals surface area contributed by atoms with Crippen molar-refractivity contribution in [2.45, 2.75) is 50.2 Å². The van der Waals surface area contributed by atoms with Gasteiger partial charge in [-0.25, -0.2) is 0 Å². The van der Waals surface area contributed by atoms with Gasteiger partial charge in [0, 0.05) is 30.7 Å². The molecule has 3 nitrogen and oxygen atoms in total. The van der Waals surface area contributed by atoms with Gasteiger partial charge in [-0.2, -0.15) is 11.8 Å². The Hall–Kier alpha value is 0.230. The average Bonchev–Trinajstić information content (AvgIpc) is 3.14. The number of hydrogen-bond acceptors (Lipinski definition) is 4. The van der Waals surface area contributed by atoms with Crippen molar-refractivity contribution < 1.29 is 0 Å². The zero-order chi connectivity index (χ0) is 13.2. The lowest BCUT2D eigenvalue weighted by atomic mass is 9.94. The molecular formula is C14H29N3S. The summed E-state index contributed by atoms with van der Waals surface area (Å²) in [6, 6.07) is 1.58. The van der Waals surface area contributed by atoms with Gasteiger partial charge in [0.05, 0.1) is 0 Å². The second-order valence-corrected chi connectivity index (χ2v) is 7.14. The minimum Gasteiger partial charge on any atom is -0.329 e. The first-order chi connectivity index (χ1) is 8.63. The van der Waals surface area contributed by atoms with Crippen molar-refractivity contribution in [2.24, 2.45) is 5.73 Å². The first-order valence-corrected chi connectivity index (χ1v) is 8.68. The van der Waals surface area contributed by atoms with Crippen LogP contribution in [0.4, 0.5) is 0 Å². The molecule has 2 unspecified atom stereocenters. The normalized spacial score (nSPS) is 33.5. The summed E-state index contributed by atoms with van der Waals surface area (Å²) in [6.07, 6.45) is 7.51. The predicted octanol–water partition coefficient (Wildman–Crippen LogP) is 1.63. The summed E-state index contributed by atoms with van der Waals surface area (Å²) in [5.41, 5.74) is 6.38. The van der Waals surface area contributed by atoms with Crippen LogP contribution in [0.15, 0.2) is 0 Å². The highest BCUT2D eigenvalue weighted by Crippen LogP contribution is 2.39. The second kappa shape index (κ2) is 6.12. The predicted molar refractivity (Wildman–Crippen MR) is 81.2 cm³/mol. The largest absolute Gasteiger partial charge is 0.329 e. The quantitative estimate of drug-likeness (QED) is 0.713. The summed E-state index contributed by atoms with van der Waals surface area (Å²) < 4.78 is 0. The van der Waals surface area contributed by atoms with E-state index in [4.69, 9.17) is 5.73 Å². The number of rotatable bonds is 7. The van der Waals surface area contributed by atoms with E-state index in [1.165, 1.54) is 44.5 Å². The van der Waals surface area contributed by atoms with E-state index in [0.717, 1.165) is 12.6 Å². The minimum absolute atomic E-state index is 0.237. The van der Waals surface area contributed by atoms with Gasteiger partial charge < -0.3 is 5.73 Å². The molecule has 0 aromatic carbocycles. The summed E-state index contributed by atoms with van der Waals surface area (Å²) in [5.74, 6) is 1.26. The molecule has 18 heavy (non-hydrogen) atoms. The van der Waals surface area contributed by atoms with Gasteiger partial charge in [-0.05, 0) is 58.2 Å². The Morgan fingerprint density at radius 3 is 2.72 bits per heavy atom. The molecule has 0 spiro atoms. The number of nitrogens with two attached hydrogens (primary N) is 1. The van der Waals surface area contributed by atoms with Crippen LogP contribution in [-0.4, -0.2) is 66.1 Å². The molecule has 2 aliphatic rings. The third kappa shape index (κ3) is 3.03. The third-order valence-corrected chi connectivity index (χ3v) is 5.46. The minimum atomic E-state index is 0.237. The fourth-order valence-corrected chi connectivity index (χ4v) is 3.80. The second-order valence-electron chi connectivity index (χ2n) is 6.15. The molecule has 4 heteroatoms. The monoisotopic (exact) mass is 271 g/mol. The number of likely N-dealkylation sites (N-methyl/N-ethyl adjacent to an activating group) is 1. The van der Waals surface area contributed by atoms with E-state index in [-0.39, 0.29) is 5.54 Å². The molecular weight excluding hydrogens is 242 g/mol. The van der Waals surface area contributed by atoms with Crippen molar-refractivity contribution in [3.63, 3.8) is 0 Å². The Bertz CT molecular complexity index is 270. The summed E-state index contributed by atoms with van der Waals surface area (Å²) >= 11 is 1.94. The van der Waals surface area contributed by atoms with Gasteiger partial charge in [0.2, 0.25) is 0 Å². The van der Waals surface area contributed by atoms with E-state index in [2.05, 4.69) is 30.0 Å². The molecule has 0 aromatic heterocycles. The van der Waals surface area contributed by atoms with Crippen LogP contribution < -0.4 is 5.73 Å². The lowest BCUT2D eigenvalue weighted by molar-refractivity contribution is 0.128. The molecule has 2 N–H and O–H groups in total. The molecule has 1 aliphatic heterocycles. The number of thioether (sulfide) groups is 1. The van der Waals surface area contributed by atoms with Gasteiger partial charge in [0.25, 0.3) is 0 Å². The first-order valence-electron chi connectivity index (χ1n) is 7.29. The molecule has 1 saturated heterocycles. The van der Waals surface area contributed by atoms with Gasteiger partial charge in [-0.3, -0.25) is 9.80 Å². The maximum Gasteiger partial charge on any atom is 0.0470 e. The molecule has 0 aromatic rings. The smallest absolute Gasteiger partial charge is 0.0470 e. The summed E-state index contributed by atoms with van der Waals surface area (Å²) in [6.45, 7) is 5.55. The van der Waals surface area contributed by atoms with Crippen LogP contribution in [0.5, 0.6) is 0 Å². The standard InChI is InChI=1S/C14H29N3S/c1-12-9-14(10-15,11-17(12)13-5-6-13)16(2)7-4-8-18-3/h12-13H,4-11,15H2,1-3H3. The Morgan fingerprint density at radius 1 is 1.44 bits per heavy atom. The Kier molecular flexibility index (Phi) is 4.98. The molecule has 1 saturated carbocycles. The lowest BCUT2D eigenvalue weighted by Crippen LogP contribution is -2.54. The molecule has 0 bridgehead atoms. The Morgan fingerprint density at radius 2 is 2.17 bits per heavy atom. The molecule has 0 radical (unpaired) electrons. The van der Waals surface area contributed by atoms with Crippen molar-refractivity contribution >= 4 is 11.8 Å². The van der Waals surface area contributed by atoms with Crippen LogP contribution in [0.2, 0.25) is 0 Å². The van der Waals surface area contributed by atoms with E-state index in [1.54, 1.807) is 0 Å². The van der Waals surface area contributed by atoms with E-state index < -0.39 is 0 Å². The van der Waals surface area contributed by atoms with Gasteiger partial charge in [-0.15, -0.1) is 0 Å². The van der Waals surface area contributed by atoms with Crippen molar-refractivity contribution in [1.29, 1.82) is 0 Å². The lowest BCUT2D eigenvalue weighted by Gasteiger charge is -2.38. The molecule has 1 heterocycles. The van der Waals surface area contributed by atoms with Crippen molar-refractivity contribution in [1.82, 2.24) is 9.80 Å². The Labute approximate surface area is 116 Å². The topological polar surface area (TPSA) is 32.5 Å². The van der Waals surface area contributed by atoms with Crippen LogP contribution in [0.25, 0.3) is 0 Å². The highest BCUT2D eigenvalue weighted by molar-refractivity contribution is 7.98. The highest BCUT2D eigenvalue weighted by atomic mass is 32.2. The maximum atomic E-state index is 6.15. The number of hydrogen-bond donors (Lipinski definition) is 1. The molecule has 106 valence electrons. The fraction of sp³-hybridized carbons (Fsp3) is 1.00. The zero-order valence-electron chi connectivity index (χ0n) is 12.2. The van der Waals surface area contributed by atoms with Crippen LogP contribution in [0, 0.1) is 0 Å². The zero-order valence-corrected chi connectivity index (χ0v) is 13.0. The maximum absolute atomic E-state index is 6.15. The molecule has 2 fully saturated rings. The molecule has 1 aliphatic carbocycles. The average molecular weight is 271 g/mol. The summed E-state index contributed by atoms with van der Waals surface area (Å²) in [7, 11) is 2.27. The number of likely N-dealkylation sites (tertiary alicyclic amines) is 1. The van der Waals surface area contributed by atoms with Crippen molar-refractivity contribution in [3.05, 3.63) is 0 Å². The van der Waals surface area contributed by atoms with Crippen LogP contribution >= 0.6 is 11.8 Å². The van der Waals surface area contributed by atoms with Crippen molar-refractivity contribution in [3.8, 4) is 0 Å². The first kappa shape index (κ1) is 14.6. The highest BCUT2D eigenvalue weighted by Gasteiger charge is 2.48. The number of nitrogens with zero attached hydrogens (tertiary/aromatic N) is 2. The van der Waals surface area contributed by atoms with Crippen LogP contribution in [0.1, 0.15) is 32.6 Å². The van der Waals surface area contributed by atoms with Crippen molar-refractivity contribution in [2.75, 3.05) is 38.7 Å². The van der Waals surface area contributed by atoms with E-state index in [1.807, 2.05) is 11.8 Å². The van der Waals surface area contributed by atoms with Crippen LogP contribution in [0.3, 0.4) is 0 Å². The van der Waals surface area contributed by atoms with E-state index in [0.29, 0.717) is 6.04 Å². The van der Waals surface area contributed by atoms with Gasteiger partial charge in [0.1, 0.15) is 0 Å². The molecule has 0 amide bonds. The Balaban J connectivity index is 1.93. The fourth-order valence-electron chi connectivity index (χ4n) is 3.39. The van der Waals surface area contributed by atoms with E-state index >= 15 is 0 Å². The van der Waals surface area contributed by atoms with Gasteiger partial charge in [-0.1, -0.05) is 0 Å². The molecule has 2 rings (SSSR count).